The number of fused-ring (bicyclic) bond motifs is 8. The zero-order chi connectivity index (χ0) is 27.4. The number of nitrogens with zero attached hydrogens (tertiary/aromatic N) is 2. The van der Waals surface area contributed by atoms with Gasteiger partial charge in [-0.15, -0.1) is 0 Å². The summed E-state index contributed by atoms with van der Waals surface area (Å²) < 4.78 is 19.6. The Kier molecular flexibility index (Phi) is 4.29. The van der Waals surface area contributed by atoms with Gasteiger partial charge in [-0.05, 0) is 76.4 Å². The minimum absolute atomic E-state index is 0.0637. The molecular weight excluding hydrogens is 518 g/mol. The summed E-state index contributed by atoms with van der Waals surface area (Å²) in [5.74, 6) is 4.69. The number of ether oxygens (including phenoxy) is 3. The standard InChI is InChI=1S/C35H20B2N2O3/c1-2-10-21(11-3-1)39-25-14-6-4-12-22(25)37-32-26(39)15-8-17-28(32)41-31-20-24-35(38-34(31)37)42-30-19-9-18-29-33(30)36(24)23-13-5-7-16-27(23)40-29/h1-20H. The topological polar surface area (TPSA) is 43.8 Å². The zero-order valence-corrected chi connectivity index (χ0v) is 22.3. The third kappa shape index (κ3) is 2.87. The van der Waals surface area contributed by atoms with Crippen molar-refractivity contribution in [3.05, 3.63) is 121 Å². The SMILES string of the molecule is c1ccc(N2c3ccccc3B3c4nc5c(cc4Oc4cccc2c43)B2c3ccccc3Oc3cccc(c32)O5)cc1. The summed E-state index contributed by atoms with van der Waals surface area (Å²) in [6.45, 7) is -0.161. The molecule has 0 fully saturated rings. The Morgan fingerprint density at radius 1 is 0.476 bits per heavy atom. The third-order valence-corrected chi connectivity index (χ3v) is 8.86. The molecule has 5 heterocycles. The molecule has 10 rings (SSSR count). The maximum Gasteiger partial charge on any atom is 0.279 e. The zero-order valence-electron chi connectivity index (χ0n) is 22.3. The fraction of sp³-hybridized carbons (Fsp3) is 0. The average Bonchev–Trinajstić information content (AvgIpc) is 3.04. The van der Waals surface area contributed by atoms with Crippen molar-refractivity contribution in [3.8, 4) is 34.6 Å². The Morgan fingerprint density at radius 3 is 2.00 bits per heavy atom. The van der Waals surface area contributed by atoms with E-state index in [0.717, 1.165) is 73.3 Å². The summed E-state index contributed by atoms with van der Waals surface area (Å²) in [7, 11) is 0. The summed E-state index contributed by atoms with van der Waals surface area (Å²) in [5.41, 5.74) is 9.64. The van der Waals surface area contributed by atoms with E-state index >= 15 is 0 Å². The molecule has 1 aromatic heterocycles. The van der Waals surface area contributed by atoms with Gasteiger partial charge in [0.05, 0.1) is 5.59 Å². The van der Waals surface area contributed by atoms with Gasteiger partial charge in [0.2, 0.25) is 5.88 Å². The van der Waals surface area contributed by atoms with Crippen LogP contribution in [0.3, 0.4) is 0 Å². The molecule has 7 heteroatoms. The number of para-hydroxylation sites is 3. The van der Waals surface area contributed by atoms with Gasteiger partial charge in [-0.25, -0.2) is 4.98 Å². The molecule has 4 aliphatic rings. The monoisotopic (exact) mass is 538 g/mol. The van der Waals surface area contributed by atoms with Crippen LogP contribution >= 0.6 is 0 Å². The Bertz CT molecular complexity index is 2120. The van der Waals surface area contributed by atoms with Crippen LogP contribution in [0.4, 0.5) is 17.1 Å². The molecule has 4 aliphatic heterocycles. The van der Waals surface area contributed by atoms with Crippen LogP contribution in [0.25, 0.3) is 0 Å². The molecule has 0 unspecified atom stereocenters. The van der Waals surface area contributed by atoms with E-state index in [4.69, 9.17) is 19.2 Å². The van der Waals surface area contributed by atoms with Gasteiger partial charge in [0.15, 0.2) is 0 Å². The highest BCUT2D eigenvalue weighted by atomic mass is 16.5. The predicted molar refractivity (Wildman–Crippen MR) is 168 cm³/mol. The van der Waals surface area contributed by atoms with E-state index in [1.165, 1.54) is 5.46 Å². The number of pyridine rings is 1. The van der Waals surface area contributed by atoms with Gasteiger partial charge >= 0.3 is 0 Å². The minimum Gasteiger partial charge on any atom is -0.458 e. The van der Waals surface area contributed by atoms with Crippen molar-refractivity contribution in [2.45, 2.75) is 0 Å². The lowest BCUT2D eigenvalue weighted by molar-refractivity contribution is 0.448. The Morgan fingerprint density at radius 2 is 1.12 bits per heavy atom. The molecule has 42 heavy (non-hydrogen) atoms. The number of anilines is 3. The van der Waals surface area contributed by atoms with E-state index in [1.54, 1.807) is 0 Å². The maximum absolute atomic E-state index is 6.73. The predicted octanol–water partition coefficient (Wildman–Crippen LogP) is 4.21. The van der Waals surface area contributed by atoms with Crippen molar-refractivity contribution in [1.82, 2.24) is 4.98 Å². The second-order valence-corrected chi connectivity index (χ2v) is 11.1. The van der Waals surface area contributed by atoms with E-state index in [0.29, 0.717) is 5.88 Å². The smallest absolute Gasteiger partial charge is 0.279 e. The Hall–Kier alpha value is -5.42. The summed E-state index contributed by atoms with van der Waals surface area (Å²) in [4.78, 5) is 7.62. The largest absolute Gasteiger partial charge is 0.458 e. The summed E-state index contributed by atoms with van der Waals surface area (Å²) in [6.07, 6.45) is 0. The fourth-order valence-corrected chi connectivity index (χ4v) is 7.17. The van der Waals surface area contributed by atoms with Crippen LogP contribution in [0.1, 0.15) is 0 Å². The van der Waals surface area contributed by atoms with Crippen molar-refractivity contribution in [2.75, 3.05) is 4.90 Å². The maximum atomic E-state index is 6.73. The van der Waals surface area contributed by atoms with Crippen LogP contribution in [0.2, 0.25) is 0 Å². The van der Waals surface area contributed by atoms with Crippen LogP contribution in [0.15, 0.2) is 121 Å². The lowest BCUT2D eigenvalue weighted by atomic mass is 9.33. The van der Waals surface area contributed by atoms with E-state index in [1.807, 2.05) is 36.4 Å². The first kappa shape index (κ1) is 22.3. The number of hydrogen-bond donors (Lipinski definition) is 0. The first-order valence-electron chi connectivity index (χ1n) is 14.2. The molecule has 0 radical (unpaired) electrons. The summed E-state index contributed by atoms with van der Waals surface area (Å²) in [6, 6.07) is 41.8. The third-order valence-electron chi connectivity index (χ3n) is 8.86. The lowest BCUT2D eigenvalue weighted by Gasteiger charge is -2.40. The van der Waals surface area contributed by atoms with Gasteiger partial charge in [-0.3, -0.25) is 0 Å². The van der Waals surface area contributed by atoms with Crippen LogP contribution in [0, 0.1) is 0 Å². The highest BCUT2D eigenvalue weighted by Gasteiger charge is 2.46. The minimum atomic E-state index is -0.0975. The van der Waals surface area contributed by atoms with E-state index < -0.39 is 0 Å². The molecule has 6 aromatic rings. The number of benzene rings is 5. The normalized spacial score (nSPS) is 14.1. The molecule has 194 valence electrons. The first-order chi connectivity index (χ1) is 20.8. The van der Waals surface area contributed by atoms with Crippen LogP contribution in [-0.4, -0.2) is 18.4 Å². The number of rotatable bonds is 1. The number of hydrogen-bond acceptors (Lipinski definition) is 5. The average molecular weight is 538 g/mol. The highest BCUT2D eigenvalue weighted by Crippen LogP contribution is 2.41. The molecule has 5 aromatic carbocycles. The van der Waals surface area contributed by atoms with Gasteiger partial charge in [-0.1, -0.05) is 66.7 Å². The molecule has 0 saturated heterocycles. The van der Waals surface area contributed by atoms with Crippen molar-refractivity contribution in [3.63, 3.8) is 0 Å². The van der Waals surface area contributed by atoms with Crippen molar-refractivity contribution < 1.29 is 14.2 Å². The first-order valence-corrected chi connectivity index (χ1v) is 14.2. The van der Waals surface area contributed by atoms with Crippen molar-refractivity contribution in [2.24, 2.45) is 0 Å². The van der Waals surface area contributed by atoms with Crippen LogP contribution in [0.5, 0.6) is 34.6 Å². The second kappa shape index (κ2) is 8.08. The van der Waals surface area contributed by atoms with Gasteiger partial charge in [0.25, 0.3) is 13.4 Å². The highest BCUT2D eigenvalue weighted by molar-refractivity contribution is 7.00. The molecule has 0 amide bonds. The molecule has 0 atom stereocenters. The molecular formula is C35H20B2N2O3. The van der Waals surface area contributed by atoms with Crippen LogP contribution in [-0.2, 0) is 0 Å². The van der Waals surface area contributed by atoms with Gasteiger partial charge < -0.3 is 19.1 Å². The lowest BCUT2D eigenvalue weighted by Crippen LogP contribution is -2.62. The summed E-state index contributed by atoms with van der Waals surface area (Å²) in [5, 5.41) is 0. The van der Waals surface area contributed by atoms with E-state index in [-0.39, 0.29) is 13.4 Å². The Balaban J connectivity index is 1.21. The molecule has 0 aliphatic carbocycles. The molecule has 0 N–H and O–H groups in total. The summed E-state index contributed by atoms with van der Waals surface area (Å²) >= 11 is 0. The van der Waals surface area contributed by atoms with Gasteiger partial charge in [0, 0.05) is 22.5 Å². The van der Waals surface area contributed by atoms with Crippen molar-refractivity contribution >= 4 is 63.4 Å². The molecule has 5 nitrogen and oxygen atoms in total. The van der Waals surface area contributed by atoms with E-state index in [2.05, 4.69) is 89.8 Å². The molecule has 0 spiro atoms. The second-order valence-electron chi connectivity index (χ2n) is 11.1. The van der Waals surface area contributed by atoms with Gasteiger partial charge in [-0.2, -0.15) is 0 Å². The molecule has 0 bridgehead atoms. The molecule has 0 saturated carbocycles. The van der Waals surface area contributed by atoms with Crippen LogP contribution < -0.4 is 52.0 Å². The van der Waals surface area contributed by atoms with E-state index in [9.17, 15) is 0 Å². The van der Waals surface area contributed by atoms with Crippen molar-refractivity contribution in [1.29, 1.82) is 0 Å². The van der Waals surface area contributed by atoms with Gasteiger partial charge in [0.1, 0.15) is 28.7 Å². The fourth-order valence-electron chi connectivity index (χ4n) is 7.17. The number of aromatic nitrogens is 1. The quantitative estimate of drug-likeness (QED) is 0.293. The Labute approximate surface area is 243 Å².